The largest absolute Gasteiger partial charge is 0.310 e. The number of benzene rings is 1. The summed E-state index contributed by atoms with van der Waals surface area (Å²) in [5, 5.41) is 0. The molecule has 0 radical (unpaired) electrons. The Bertz CT molecular complexity index is 663. The molecule has 1 aromatic carbocycles. The number of aryl methyl sites for hydroxylation is 4. The van der Waals surface area contributed by atoms with Crippen LogP contribution in [0.4, 0.5) is 0 Å². The van der Waals surface area contributed by atoms with Gasteiger partial charge in [0, 0.05) is 16.2 Å². The number of halogens is 1. The van der Waals surface area contributed by atoms with Crippen molar-refractivity contribution < 1.29 is 0 Å². The van der Waals surface area contributed by atoms with E-state index < -0.39 is 0 Å². The predicted molar refractivity (Wildman–Crippen MR) is 82.9 cm³/mol. The lowest BCUT2D eigenvalue weighted by Gasteiger charge is -2.14. The van der Waals surface area contributed by atoms with Gasteiger partial charge in [-0.3, -0.25) is 4.79 Å². The Morgan fingerprint density at radius 3 is 2.16 bits per heavy atom. The maximum Gasteiger partial charge on any atom is 0.253 e. The molecule has 0 amide bonds. The van der Waals surface area contributed by atoms with Crippen LogP contribution in [-0.4, -0.2) is 4.57 Å². The van der Waals surface area contributed by atoms with E-state index in [0.29, 0.717) is 6.54 Å². The predicted octanol–water partition coefficient (Wildman–Crippen LogP) is 3.89. The quantitative estimate of drug-likeness (QED) is 0.823. The number of rotatable bonds is 2. The van der Waals surface area contributed by atoms with Crippen LogP contribution in [0.15, 0.2) is 33.7 Å². The van der Waals surface area contributed by atoms with Crippen molar-refractivity contribution in [1.82, 2.24) is 4.57 Å². The van der Waals surface area contributed by atoms with Gasteiger partial charge < -0.3 is 4.57 Å². The van der Waals surface area contributed by atoms with Gasteiger partial charge in [0.25, 0.3) is 5.56 Å². The Morgan fingerprint density at radius 1 is 1.00 bits per heavy atom. The summed E-state index contributed by atoms with van der Waals surface area (Å²) in [7, 11) is 0. The van der Waals surface area contributed by atoms with E-state index in [9.17, 15) is 4.79 Å². The summed E-state index contributed by atoms with van der Waals surface area (Å²) in [5.74, 6) is 0. The summed E-state index contributed by atoms with van der Waals surface area (Å²) in [6.45, 7) is 8.77. The summed E-state index contributed by atoms with van der Waals surface area (Å²) in [4.78, 5) is 12.2. The van der Waals surface area contributed by atoms with Crippen molar-refractivity contribution in [2.24, 2.45) is 0 Å². The SMILES string of the molecule is Cc1cc(C)c(Cn2cc(Br)cc(C)c2=O)c(C)c1. The molecule has 0 bridgehead atoms. The number of hydrogen-bond donors (Lipinski definition) is 0. The molecule has 1 aromatic heterocycles. The smallest absolute Gasteiger partial charge is 0.253 e. The number of nitrogens with zero attached hydrogens (tertiary/aromatic N) is 1. The Kier molecular flexibility index (Phi) is 3.95. The second kappa shape index (κ2) is 5.33. The lowest BCUT2D eigenvalue weighted by Crippen LogP contribution is -2.23. The van der Waals surface area contributed by atoms with E-state index in [2.05, 4.69) is 48.8 Å². The van der Waals surface area contributed by atoms with Crippen LogP contribution in [0.3, 0.4) is 0 Å². The molecule has 19 heavy (non-hydrogen) atoms. The lowest BCUT2D eigenvalue weighted by atomic mass is 10.00. The highest BCUT2D eigenvalue weighted by Gasteiger charge is 2.07. The fourth-order valence-corrected chi connectivity index (χ4v) is 3.08. The minimum atomic E-state index is 0.0718. The molecule has 0 N–H and O–H groups in total. The van der Waals surface area contributed by atoms with Crippen LogP contribution in [0.25, 0.3) is 0 Å². The Balaban J connectivity index is 2.51. The molecule has 0 saturated carbocycles. The standard InChI is InChI=1S/C16H18BrNO/c1-10-5-11(2)15(12(3)6-10)9-18-8-14(17)7-13(4)16(18)19/h5-8H,9H2,1-4H3. The van der Waals surface area contributed by atoms with Crippen molar-refractivity contribution in [3.63, 3.8) is 0 Å². The average molecular weight is 320 g/mol. The van der Waals surface area contributed by atoms with Crippen molar-refractivity contribution >= 4 is 15.9 Å². The minimum absolute atomic E-state index is 0.0718. The molecular weight excluding hydrogens is 302 g/mol. The number of pyridine rings is 1. The molecule has 1 heterocycles. The topological polar surface area (TPSA) is 22.0 Å². The maximum atomic E-state index is 12.2. The maximum absolute atomic E-state index is 12.2. The fraction of sp³-hybridized carbons (Fsp3) is 0.312. The van der Waals surface area contributed by atoms with E-state index in [1.807, 2.05) is 19.2 Å². The first-order valence-electron chi connectivity index (χ1n) is 6.32. The molecule has 0 saturated heterocycles. The number of hydrogen-bond acceptors (Lipinski definition) is 1. The van der Waals surface area contributed by atoms with Crippen LogP contribution < -0.4 is 5.56 Å². The molecule has 0 unspecified atom stereocenters. The molecule has 0 atom stereocenters. The van der Waals surface area contributed by atoms with E-state index in [4.69, 9.17) is 0 Å². The highest BCUT2D eigenvalue weighted by atomic mass is 79.9. The van der Waals surface area contributed by atoms with E-state index >= 15 is 0 Å². The van der Waals surface area contributed by atoms with E-state index in [1.165, 1.54) is 22.3 Å². The van der Waals surface area contributed by atoms with Gasteiger partial charge in [-0.2, -0.15) is 0 Å². The van der Waals surface area contributed by atoms with E-state index in [-0.39, 0.29) is 5.56 Å². The van der Waals surface area contributed by atoms with Crippen LogP contribution in [0.2, 0.25) is 0 Å². The van der Waals surface area contributed by atoms with Crippen LogP contribution >= 0.6 is 15.9 Å². The Hall–Kier alpha value is -1.35. The molecule has 0 aliphatic rings. The molecule has 2 rings (SSSR count). The zero-order valence-electron chi connectivity index (χ0n) is 11.7. The summed E-state index contributed by atoms with van der Waals surface area (Å²) < 4.78 is 2.70. The zero-order valence-corrected chi connectivity index (χ0v) is 13.3. The highest BCUT2D eigenvalue weighted by molar-refractivity contribution is 9.10. The first-order valence-corrected chi connectivity index (χ1v) is 7.11. The third-order valence-electron chi connectivity index (χ3n) is 3.40. The monoisotopic (exact) mass is 319 g/mol. The lowest BCUT2D eigenvalue weighted by molar-refractivity contribution is 0.741. The summed E-state index contributed by atoms with van der Waals surface area (Å²) in [6, 6.07) is 6.18. The molecule has 2 nitrogen and oxygen atoms in total. The minimum Gasteiger partial charge on any atom is -0.310 e. The van der Waals surface area contributed by atoms with Gasteiger partial charge in [-0.15, -0.1) is 0 Å². The Morgan fingerprint density at radius 2 is 1.58 bits per heavy atom. The van der Waals surface area contributed by atoms with Crippen molar-refractivity contribution in [2.45, 2.75) is 34.2 Å². The van der Waals surface area contributed by atoms with Gasteiger partial charge in [0.05, 0.1) is 6.54 Å². The zero-order chi connectivity index (χ0) is 14.2. The molecule has 3 heteroatoms. The Labute approximate surface area is 122 Å². The van der Waals surface area contributed by atoms with Crippen molar-refractivity contribution in [1.29, 1.82) is 0 Å². The molecule has 0 fully saturated rings. The third-order valence-corrected chi connectivity index (χ3v) is 3.83. The molecule has 0 spiro atoms. The van der Waals surface area contributed by atoms with Gasteiger partial charge in [-0.05, 0) is 66.4 Å². The first-order chi connectivity index (χ1) is 8.88. The first kappa shape index (κ1) is 14.1. The van der Waals surface area contributed by atoms with Crippen molar-refractivity contribution in [3.05, 3.63) is 67.0 Å². The van der Waals surface area contributed by atoms with Crippen LogP contribution in [-0.2, 0) is 6.54 Å². The molecule has 0 aliphatic carbocycles. The third kappa shape index (κ3) is 2.98. The van der Waals surface area contributed by atoms with Gasteiger partial charge in [-0.25, -0.2) is 0 Å². The van der Waals surface area contributed by atoms with Gasteiger partial charge in [-0.1, -0.05) is 17.7 Å². The summed E-state index contributed by atoms with van der Waals surface area (Å²) in [6.07, 6.45) is 1.86. The van der Waals surface area contributed by atoms with Crippen LogP contribution in [0, 0.1) is 27.7 Å². The van der Waals surface area contributed by atoms with Gasteiger partial charge in [0.1, 0.15) is 0 Å². The van der Waals surface area contributed by atoms with Crippen LogP contribution in [0.1, 0.15) is 27.8 Å². The molecule has 100 valence electrons. The molecular formula is C16H18BrNO. The summed E-state index contributed by atoms with van der Waals surface area (Å²) in [5.41, 5.74) is 5.80. The van der Waals surface area contributed by atoms with Crippen molar-refractivity contribution in [2.75, 3.05) is 0 Å². The average Bonchev–Trinajstić information content (AvgIpc) is 2.29. The molecule has 2 aromatic rings. The second-order valence-corrected chi connectivity index (χ2v) is 6.07. The molecule has 0 aliphatic heterocycles. The van der Waals surface area contributed by atoms with E-state index in [0.717, 1.165) is 10.0 Å². The van der Waals surface area contributed by atoms with Gasteiger partial charge in [0.2, 0.25) is 0 Å². The summed E-state index contributed by atoms with van der Waals surface area (Å²) >= 11 is 3.45. The van der Waals surface area contributed by atoms with Crippen molar-refractivity contribution in [3.8, 4) is 0 Å². The fourth-order valence-electron chi connectivity index (χ4n) is 2.49. The highest BCUT2D eigenvalue weighted by Crippen LogP contribution is 2.18. The number of aromatic nitrogens is 1. The van der Waals surface area contributed by atoms with Gasteiger partial charge >= 0.3 is 0 Å². The van der Waals surface area contributed by atoms with E-state index in [1.54, 1.807) is 4.57 Å². The second-order valence-electron chi connectivity index (χ2n) is 5.15. The van der Waals surface area contributed by atoms with Gasteiger partial charge in [0.15, 0.2) is 0 Å². The normalized spacial score (nSPS) is 10.8. The van der Waals surface area contributed by atoms with Crippen LogP contribution in [0.5, 0.6) is 0 Å².